The van der Waals surface area contributed by atoms with E-state index in [2.05, 4.69) is 5.32 Å². The van der Waals surface area contributed by atoms with E-state index in [1.807, 2.05) is 44.2 Å². The minimum Gasteiger partial charge on any atom is -0.352 e. The summed E-state index contributed by atoms with van der Waals surface area (Å²) in [6.45, 7) is 4.78. The van der Waals surface area contributed by atoms with Crippen molar-refractivity contribution in [3.8, 4) is 0 Å². The Bertz CT molecular complexity index is 1430. The van der Waals surface area contributed by atoms with Gasteiger partial charge in [-0.3, -0.25) is 13.9 Å². The van der Waals surface area contributed by atoms with Crippen LogP contribution in [0.25, 0.3) is 0 Å². The molecular weight excluding hydrogens is 567 g/mol. The van der Waals surface area contributed by atoms with Gasteiger partial charge in [-0.1, -0.05) is 68.4 Å². The normalized spacial score (nSPS) is 13.2. The number of sulfonamides is 1. The number of halogens is 3. The van der Waals surface area contributed by atoms with E-state index in [1.54, 1.807) is 13.0 Å². The molecule has 0 unspecified atom stereocenters. The Balaban J connectivity index is 2.06. The van der Waals surface area contributed by atoms with E-state index in [0.29, 0.717) is 23.2 Å². The predicted molar refractivity (Wildman–Crippen MR) is 156 cm³/mol. The maximum absolute atomic E-state index is 14.0. The topological polar surface area (TPSA) is 86.8 Å². The summed E-state index contributed by atoms with van der Waals surface area (Å²) < 4.78 is 69.0. The van der Waals surface area contributed by atoms with Gasteiger partial charge in [0.05, 0.1) is 16.1 Å². The molecule has 0 heterocycles. The lowest BCUT2D eigenvalue weighted by atomic mass is 10.1. The van der Waals surface area contributed by atoms with Gasteiger partial charge in [-0.25, -0.2) is 8.42 Å². The van der Waals surface area contributed by atoms with Crippen molar-refractivity contribution >= 4 is 27.5 Å². The third-order valence-corrected chi connectivity index (χ3v) is 8.73. The number of amides is 2. The summed E-state index contributed by atoms with van der Waals surface area (Å²) in [5, 5.41) is 2.89. The number of rotatable bonds is 13. The van der Waals surface area contributed by atoms with Gasteiger partial charge in [0.1, 0.15) is 12.6 Å². The van der Waals surface area contributed by atoms with Gasteiger partial charge in [0.15, 0.2) is 0 Å². The maximum Gasteiger partial charge on any atom is 0.416 e. The molecular formula is C31H36F3N3O4S. The molecule has 0 aromatic heterocycles. The molecule has 0 aliphatic heterocycles. The molecule has 3 aromatic rings. The number of benzene rings is 3. The molecule has 2 amide bonds. The Morgan fingerprint density at radius 3 is 2.07 bits per heavy atom. The van der Waals surface area contributed by atoms with E-state index in [9.17, 15) is 31.2 Å². The number of carbonyl (C=O) groups excluding carboxylic acids is 2. The molecule has 0 aliphatic rings. The third kappa shape index (κ3) is 8.34. The Morgan fingerprint density at radius 2 is 1.50 bits per heavy atom. The second kappa shape index (κ2) is 14.4. The summed E-state index contributed by atoms with van der Waals surface area (Å²) in [4.78, 5) is 28.4. The Morgan fingerprint density at radius 1 is 0.881 bits per heavy atom. The summed E-state index contributed by atoms with van der Waals surface area (Å²) >= 11 is 0. The lowest BCUT2D eigenvalue weighted by molar-refractivity contribution is -0.139. The van der Waals surface area contributed by atoms with Crippen LogP contribution < -0.4 is 9.62 Å². The standard InChI is InChI=1S/C31H36F3N3O4S/c1-4-23(3)35-30(39)28(5-2)36(20-19-24-13-8-6-9-14-24)29(38)22-37(42(40,41)27-17-10-7-11-18-27)26-16-12-15-25(21-26)31(32,33)34/h6-18,21,23,28H,4-5,19-20,22H2,1-3H3,(H,35,39)/t23-,28+/m0/s1. The highest BCUT2D eigenvalue weighted by atomic mass is 32.2. The zero-order valence-corrected chi connectivity index (χ0v) is 24.7. The van der Waals surface area contributed by atoms with Crippen LogP contribution in [0.2, 0.25) is 0 Å². The van der Waals surface area contributed by atoms with Crippen molar-refractivity contribution in [3.63, 3.8) is 0 Å². The Kier molecular flexibility index (Phi) is 11.2. The van der Waals surface area contributed by atoms with Gasteiger partial charge >= 0.3 is 6.18 Å². The van der Waals surface area contributed by atoms with Gasteiger partial charge in [-0.2, -0.15) is 13.2 Å². The average Bonchev–Trinajstić information content (AvgIpc) is 2.98. The number of alkyl halides is 3. The van der Waals surface area contributed by atoms with Crippen LogP contribution in [-0.4, -0.2) is 50.3 Å². The monoisotopic (exact) mass is 603 g/mol. The number of nitrogens with one attached hydrogen (secondary N) is 1. The number of anilines is 1. The first-order valence-corrected chi connectivity index (χ1v) is 15.2. The van der Waals surface area contributed by atoms with Gasteiger partial charge < -0.3 is 10.2 Å². The molecule has 3 rings (SSSR count). The highest BCUT2D eigenvalue weighted by Crippen LogP contribution is 2.33. The second-order valence-corrected chi connectivity index (χ2v) is 11.8. The molecule has 226 valence electrons. The molecule has 0 bridgehead atoms. The molecule has 0 aliphatic carbocycles. The SMILES string of the molecule is CC[C@H](C(=O)N[C@@H](C)CC)N(CCc1ccccc1)C(=O)CN(c1cccc(C(F)(F)F)c1)S(=O)(=O)c1ccccc1. The summed E-state index contributed by atoms with van der Waals surface area (Å²) in [6.07, 6.45) is -3.43. The largest absolute Gasteiger partial charge is 0.416 e. The van der Waals surface area contributed by atoms with Crippen molar-refractivity contribution in [1.82, 2.24) is 10.2 Å². The first kappa shape index (κ1) is 32.7. The van der Waals surface area contributed by atoms with E-state index in [-0.39, 0.29) is 35.5 Å². The fourth-order valence-electron chi connectivity index (χ4n) is 4.42. The molecule has 0 saturated heterocycles. The van der Waals surface area contributed by atoms with Crippen LogP contribution >= 0.6 is 0 Å². The summed E-state index contributed by atoms with van der Waals surface area (Å²) in [5.74, 6) is -1.10. The van der Waals surface area contributed by atoms with Crippen molar-refractivity contribution in [3.05, 3.63) is 96.1 Å². The summed E-state index contributed by atoms with van der Waals surface area (Å²) in [6, 6.07) is 19.2. The average molecular weight is 604 g/mol. The van der Waals surface area contributed by atoms with Crippen LogP contribution in [0.4, 0.5) is 18.9 Å². The molecule has 0 spiro atoms. The molecule has 11 heteroatoms. The van der Waals surface area contributed by atoms with Gasteiger partial charge in [0.25, 0.3) is 10.0 Å². The lowest BCUT2D eigenvalue weighted by Gasteiger charge is -2.33. The quantitative estimate of drug-likeness (QED) is 0.273. The van der Waals surface area contributed by atoms with Crippen molar-refractivity contribution < 1.29 is 31.2 Å². The van der Waals surface area contributed by atoms with Crippen LogP contribution in [0.5, 0.6) is 0 Å². The first-order valence-electron chi connectivity index (χ1n) is 13.8. The van der Waals surface area contributed by atoms with Crippen LogP contribution in [0.3, 0.4) is 0 Å². The van der Waals surface area contributed by atoms with Crippen LogP contribution in [0, 0.1) is 0 Å². The van der Waals surface area contributed by atoms with Crippen molar-refractivity contribution in [2.45, 2.75) is 63.2 Å². The van der Waals surface area contributed by atoms with Gasteiger partial charge in [0.2, 0.25) is 11.8 Å². The molecule has 0 radical (unpaired) electrons. The zero-order valence-electron chi connectivity index (χ0n) is 23.8. The van der Waals surface area contributed by atoms with Crippen molar-refractivity contribution in [2.24, 2.45) is 0 Å². The molecule has 1 N–H and O–H groups in total. The van der Waals surface area contributed by atoms with Crippen LogP contribution in [0.15, 0.2) is 89.8 Å². The van der Waals surface area contributed by atoms with E-state index in [4.69, 9.17) is 0 Å². The Hall–Kier alpha value is -3.86. The Labute approximate surface area is 245 Å². The molecule has 42 heavy (non-hydrogen) atoms. The zero-order chi connectivity index (χ0) is 30.9. The fourth-order valence-corrected chi connectivity index (χ4v) is 5.85. The fraction of sp³-hybridized carbons (Fsp3) is 0.355. The van der Waals surface area contributed by atoms with Gasteiger partial charge in [-0.15, -0.1) is 0 Å². The molecule has 0 saturated carbocycles. The van der Waals surface area contributed by atoms with Gasteiger partial charge in [0, 0.05) is 12.6 Å². The molecule has 2 atom stereocenters. The van der Waals surface area contributed by atoms with Gasteiger partial charge in [-0.05, 0) is 62.1 Å². The van der Waals surface area contributed by atoms with Crippen molar-refractivity contribution in [1.29, 1.82) is 0 Å². The van der Waals surface area contributed by atoms with E-state index in [1.165, 1.54) is 35.2 Å². The lowest BCUT2D eigenvalue weighted by Crippen LogP contribution is -2.54. The number of hydrogen-bond acceptors (Lipinski definition) is 4. The van der Waals surface area contributed by atoms with E-state index < -0.39 is 40.3 Å². The minimum atomic E-state index is -4.73. The van der Waals surface area contributed by atoms with Crippen molar-refractivity contribution in [2.75, 3.05) is 17.4 Å². The van der Waals surface area contributed by atoms with E-state index in [0.717, 1.165) is 17.7 Å². The van der Waals surface area contributed by atoms with E-state index >= 15 is 0 Å². The minimum absolute atomic E-state index is 0.0943. The molecule has 0 fully saturated rings. The summed E-state index contributed by atoms with van der Waals surface area (Å²) in [7, 11) is -4.47. The maximum atomic E-state index is 14.0. The predicted octanol–water partition coefficient (Wildman–Crippen LogP) is 5.67. The third-order valence-electron chi connectivity index (χ3n) is 6.94. The second-order valence-electron chi connectivity index (χ2n) is 9.94. The number of hydrogen-bond donors (Lipinski definition) is 1. The summed E-state index contributed by atoms with van der Waals surface area (Å²) in [5.41, 5.74) is -0.470. The van der Waals surface area contributed by atoms with Crippen LogP contribution in [-0.2, 0) is 32.2 Å². The number of carbonyl (C=O) groups is 2. The molecule has 7 nitrogen and oxygen atoms in total. The highest BCUT2D eigenvalue weighted by molar-refractivity contribution is 7.92. The van der Waals surface area contributed by atoms with Crippen LogP contribution in [0.1, 0.15) is 44.7 Å². The highest BCUT2D eigenvalue weighted by Gasteiger charge is 2.35. The first-order chi connectivity index (χ1) is 19.9. The molecule has 3 aromatic carbocycles. The smallest absolute Gasteiger partial charge is 0.352 e. The number of nitrogens with zero attached hydrogens (tertiary/aromatic N) is 2.